The van der Waals surface area contributed by atoms with Gasteiger partial charge in [0.2, 0.25) is 0 Å². The monoisotopic (exact) mass is 218 g/mol. The fraction of sp³-hybridized carbons (Fsp3) is 0. The van der Waals surface area contributed by atoms with E-state index in [4.69, 9.17) is 0 Å². The van der Waals surface area contributed by atoms with Crippen LogP contribution in [0.5, 0.6) is 0 Å². The summed E-state index contributed by atoms with van der Waals surface area (Å²) in [4.78, 5) is 26.2. The van der Waals surface area contributed by atoms with E-state index in [0.717, 1.165) is 4.88 Å². The van der Waals surface area contributed by atoms with Crippen LogP contribution in [0.2, 0.25) is 0 Å². The minimum atomic E-state index is -0.194. The van der Waals surface area contributed by atoms with E-state index in [0.29, 0.717) is 17.0 Å². The number of nitrogens with zero attached hydrogens (tertiary/aromatic N) is 2. The molecule has 0 saturated carbocycles. The van der Waals surface area contributed by atoms with Crippen molar-refractivity contribution in [2.75, 3.05) is 0 Å². The summed E-state index contributed by atoms with van der Waals surface area (Å²) in [6.07, 6.45) is 1.46. The van der Waals surface area contributed by atoms with E-state index < -0.39 is 0 Å². The zero-order valence-electron chi connectivity index (χ0n) is 7.52. The summed E-state index contributed by atoms with van der Waals surface area (Å²) >= 11 is 1.53. The summed E-state index contributed by atoms with van der Waals surface area (Å²) < 4.78 is 0. The first-order valence-electron chi connectivity index (χ1n) is 4.32. The number of rotatable bonds is 1. The van der Waals surface area contributed by atoms with E-state index in [1.54, 1.807) is 0 Å². The fourth-order valence-corrected chi connectivity index (χ4v) is 2.04. The molecular formula is C9H6N4OS. The first kappa shape index (κ1) is 8.37. The molecule has 15 heavy (non-hydrogen) atoms. The van der Waals surface area contributed by atoms with Crippen molar-refractivity contribution in [1.29, 1.82) is 0 Å². The number of H-pyrrole nitrogens is 2. The zero-order valence-corrected chi connectivity index (χ0v) is 8.34. The van der Waals surface area contributed by atoms with Crippen LogP contribution in [0.1, 0.15) is 0 Å². The number of hydrogen-bond donors (Lipinski definition) is 2. The van der Waals surface area contributed by atoms with Gasteiger partial charge in [0, 0.05) is 0 Å². The van der Waals surface area contributed by atoms with Crippen molar-refractivity contribution in [3.63, 3.8) is 0 Å². The Kier molecular flexibility index (Phi) is 1.69. The summed E-state index contributed by atoms with van der Waals surface area (Å²) in [5, 5.41) is 1.93. The average Bonchev–Trinajstić information content (AvgIpc) is 2.88. The Balaban J connectivity index is 2.34. The van der Waals surface area contributed by atoms with Crippen molar-refractivity contribution >= 4 is 22.5 Å². The van der Waals surface area contributed by atoms with Crippen molar-refractivity contribution in [2.24, 2.45) is 0 Å². The lowest BCUT2D eigenvalue weighted by Gasteiger charge is -1.95. The predicted octanol–water partition coefficient (Wildman–Crippen LogP) is 1.37. The van der Waals surface area contributed by atoms with E-state index in [-0.39, 0.29) is 5.56 Å². The van der Waals surface area contributed by atoms with Crippen LogP contribution in [0, 0.1) is 0 Å². The van der Waals surface area contributed by atoms with Crippen LogP contribution in [0.25, 0.3) is 21.9 Å². The van der Waals surface area contributed by atoms with Gasteiger partial charge in [0.05, 0.1) is 11.2 Å². The van der Waals surface area contributed by atoms with Crippen LogP contribution >= 0.6 is 11.3 Å². The van der Waals surface area contributed by atoms with Gasteiger partial charge in [-0.1, -0.05) is 6.07 Å². The molecule has 3 aromatic heterocycles. The first-order valence-corrected chi connectivity index (χ1v) is 5.20. The lowest BCUT2D eigenvalue weighted by atomic mass is 10.4. The number of nitrogens with one attached hydrogen (secondary N) is 2. The van der Waals surface area contributed by atoms with Gasteiger partial charge in [-0.15, -0.1) is 11.3 Å². The van der Waals surface area contributed by atoms with Gasteiger partial charge in [-0.25, -0.2) is 9.97 Å². The van der Waals surface area contributed by atoms with Gasteiger partial charge in [-0.05, 0) is 11.4 Å². The van der Waals surface area contributed by atoms with Gasteiger partial charge in [-0.3, -0.25) is 4.79 Å². The van der Waals surface area contributed by atoms with Gasteiger partial charge in [-0.2, -0.15) is 0 Å². The molecule has 0 aliphatic rings. The van der Waals surface area contributed by atoms with Gasteiger partial charge < -0.3 is 9.97 Å². The molecule has 3 rings (SSSR count). The Bertz CT molecular complexity index is 652. The molecule has 3 aromatic rings. The van der Waals surface area contributed by atoms with E-state index >= 15 is 0 Å². The smallest absolute Gasteiger partial charge is 0.277 e. The topological polar surface area (TPSA) is 74.4 Å². The maximum Gasteiger partial charge on any atom is 0.277 e. The molecule has 5 nitrogen and oxygen atoms in total. The molecule has 2 N–H and O–H groups in total. The lowest BCUT2D eigenvalue weighted by molar-refractivity contribution is 1.17. The van der Waals surface area contributed by atoms with Crippen molar-refractivity contribution in [3.05, 3.63) is 34.2 Å². The molecular weight excluding hydrogens is 212 g/mol. The molecule has 0 atom stereocenters. The second-order valence-electron chi connectivity index (χ2n) is 2.99. The average molecular weight is 218 g/mol. The van der Waals surface area contributed by atoms with Gasteiger partial charge in [0.1, 0.15) is 0 Å². The van der Waals surface area contributed by atoms with Gasteiger partial charge in [0.25, 0.3) is 5.56 Å². The van der Waals surface area contributed by atoms with Crippen molar-refractivity contribution in [1.82, 2.24) is 19.9 Å². The SMILES string of the molecule is O=c1[nH]c(-c2cccs2)nc2nc[nH]c12. The third kappa shape index (κ3) is 1.26. The second kappa shape index (κ2) is 3.03. The van der Waals surface area contributed by atoms with E-state index in [2.05, 4.69) is 19.9 Å². The molecule has 0 aromatic carbocycles. The molecule has 0 unspecified atom stereocenters. The lowest BCUT2D eigenvalue weighted by Crippen LogP contribution is -2.08. The van der Waals surface area contributed by atoms with Crippen LogP contribution in [-0.2, 0) is 0 Å². The second-order valence-corrected chi connectivity index (χ2v) is 3.94. The molecule has 6 heteroatoms. The number of fused-ring (bicyclic) bond motifs is 1. The van der Waals surface area contributed by atoms with E-state index in [9.17, 15) is 4.79 Å². The first-order chi connectivity index (χ1) is 7.34. The van der Waals surface area contributed by atoms with Gasteiger partial charge in [0.15, 0.2) is 17.0 Å². The van der Waals surface area contributed by atoms with Crippen molar-refractivity contribution < 1.29 is 0 Å². The summed E-state index contributed by atoms with van der Waals surface area (Å²) in [7, 11) is 0. The Hall–Kier alpha value is -1.95. The summed E-state index contributed by atoms with van der Waals surface area (Å²) in [6, 6.07) is 3.82. The number of aromatic amines is 2. The highest BCUT2D eigenvalue weighted by atomic mass is 32.1. The molecule has 0 aliphatic heterocycles. The number of hydrogen-bond acceptors (Lipinski definition) is 4. The maximum atomic E-state index is 11.6. The van der Waals surface area contributed by atoms with Crippen LogP contribution in [-0.4, -0.2) is 19.9 Å². The Morgan fingerprint density at radius 3 is 3.13 bits per heavy atom. The molecule has 3 heterocycles. The van der Waals surface area contributed by atoms with Crippen molar-refractivity contribution in [2.45, 2.75) is 0 Å². The Labute approximate surface area is 87.8 Å². The highest BCUT2D eigenvalue weighted by molar-refractivity contribution is 7.13. The van der Waals surface area contributed by atoms with Crippen LogP contribution in [0.15, 0.2) is 28.6 Å². The predicted molar refractivity (Wildman–Crippen MR) is 57.8 cm³/mol. The normalized spacial score (nSPS) is 10.9. The quantitative estimate of drug-likeness (QED) is 0.647. The molecule has 0 aliphatic carbocycles. The molecule has 0 fully saturated rings. The van der Waals surface area contributed by atoms with E-state index in [1.807, 2.05) is 17.5 Å². The van der Waals surface area contributed by atoms with Crippen molar-refractivity contribution in [3.8, 4) is 10.7 Å². The third-order valence-corrected chi connectivity index (χ3v) is 2.93. The molecule has 74 valence electrons. The van der Waals surface area contributed by atoms with Crippen LogP contribution in [0.3, 0.4) is 0 Å². The highest BCUT2D eigenvalue weighted by Crippen LogP contribution is 2.20. The molecule has 0 radical (unpaired) electrons. The van der Waals surface area contributed by atoms with Gasteiger partial charge >= 0.3 is 0 Å². The molecule has 0 saturated heterocycles. The Morgan fingerprint density at radius 1 is 1.40 bits per heavy atom. The van der Waals surface area contributed by atoms with Crippen LogP contribution in [0.4, 0.5) is 0 Å². The number of imidazole rings is 1. The largest absolute Gasteiger partial charge is 0.339 e. The minimum Gasteiger partial charge on any atom is -0.339 e. The third-order valence-electron chi connectivity index (χ3n) is 2.05. The standard InChI is InChI=1S/C9H6N4OS/c14-9-6-8(11-4-10-6)12-7(13-9)5-2-1-3-15-5/h1-4H,(H2,10,11,12,13,14). The Morgan fingerprint density at radius 2 is 2.33 bits per heavy atom. The zero-order chi connectivity index (χ0) is 10.3. The van der Waals surface area contributed by atoms with Crippen LogP contribution < -0.4 is 5.56 Å². The number of aromatic nitrogens is 4. The summed E-state index contributed by atoms with van der Waals surface area (Å²) in [5.41, 5.74) is 0.665. The molecule has 0 spiro atoms. The minimum absolute atomic E-state index is 0.194. The fourth-order valence-electron chi connectivity index (χ4n) is 1.37. The van der Waals surface area contributed by atoms with E-state index in [1.165, 1.54) is 17.7 Å². The molecule has 0 amide bonds. The molecule has 0 bridgehead atoms. The summed E-state index contributed by atoms with van der Waals surface area (Å²) in [6.45, 7) is 0. The number of thiophene rings is 1. The summed E-state index contributed by atoms with van der Waals surface area (Å²) in [5.74, 6) is 0.564. The highest BCUT2D eigenvalue weighted by Gasteiger charge is 2.07. The maximum absolute atomic E-state index is 11.6.